The number of rotatable bonds is 11. The molecule has 0 spiro atoms. The van der Waals surface area contributed by atoms with E-state index >= 15 is 0 Å². The molecule has 1 N–H and O–H groups in total. The zero-order chi connectivity index (χ0) is 14.5. The minimum Gasteiger partial charge on any atom is -0.458 e. The van der Waals surface area contributed by atoms with E-state index in [0.717, 1.165) is 32.8 Å². The standard InChI is InChI=1S/C13H25NO6/c1-16-8-9-18-10-11-19-12-13(15)20-7-4-14-2-5-17-6-3-14/h2-12H2,1H3/p+1. The fraction of sp³-hybridized carbons (Fsp3) is 0.923. The third kappa shape index (κ3) is 9.22. The molecule has 0 saturated carbocycles. The van der Waals surface area contributed by atoms with Gasteiger partial charge in [0.2, 0.25) is 0 Å². The number of nitrogens with one attached hydrogen (secondary N) is 1. The highest BCUT2D eigenvalue weighted by Gasteiger charge is 2.14. The summed E-state index contributed by atoms with van der Waals surface area (Å²) < 4.78 is 25.5. The molecule has 1 aliphatic rings. The second-order valence-corrected chi connectivity index (χ2v) is 4.49. The van der Waals surface area contributed by atoms with Gasteiger partial charge in [-0.1, -0.05) is 0 Å². The molecule has 1 fully saturated rings. The van der Waals surface area contributed by atoms with Crippen molar-refractivity contribution in [1.29, 1.82) is 0 Å². The van der Waals surface area contributed by atoms with Crippen LogP contribution >= 0.6 is 0 Å². The van der Waals surface area contributed by atoms with Crippen molar-refractivity contribution in [1.82, 2.24) is 0 Å². The maximum atomic E-state index is 11.4. The Morgan fingerprint density at radius 2 is 1.75 bits per heavy atom. The van der Waals surface area contributed by atoms with Crippen LogP contribution in [0, 0.1) is 0 Å². The maximum Gasteiger partial charge on any atom is 0.332 e. The summed E-state index contributed by atoms with van der Waals surface area (Å²) in [4.78, 5) is 12.8. The average Bonchev–Trinajstić information content (AvgIpc) is 2.47. The molecule has 0 aliphatic carbocycles. The quantitative estimate of drug-likeness (QED) is 0.355. The van der Waals surface area contributed by atoms with Crippen LogP contribution in [-0.2, 0) is 28.5 Å². The van der Waals surface area contributed by atoms with Crippen LogP contribution in [0.4, 0.5) is 0 Å². The molecule has 20 heavy (non-hydrogen) atoms. The smallest absolute Gasteiger partial charge is 0.332 e. The van der Waals surface area contributed by atoms with Crippen LogP contribution in [0.1, 0.15) is 0 Å². The number of ether oxygens (including phenoxy) is 5. The van der Waals surface area contributed by atoms with E-state index in [9.17, 15) is 4.79 Å². The normalized spacial score (nSPS) is 16.2. The largest absolute Gasteiger partial charge is 0.458 e. The van der Waals surface area contributed by atoms with Crippen molar-refractivity contribution < 1.29 is 33.4 Å². The fourth-order valence-corrected chi connectivity index (χ4v) is 1.78. The number of hydrogen-bond acceptors (Lipinski definition) is 6. The molecule has 0 unspecified atom stereocenters. The van der Waals surface area contributed by atoms with Crippen molar-refractivity contribution in [3.05, 3.63) is 0 Å². The van der Waals surface area contributed by atoms with E-state index in [4.69, 9.17) is 23.7 Å². The summed E-state index contributed by atoms with van der Waals surface area (Å²) in [5.74, 6) is -0.324. The number of carbonyl (C=O) groups is 1. The number of carbonyl (C=O) groups excluding carboxylic acids is 1. The van der Waals surface area contributed by atoms with Crippen LogP contribution in [0.3, 0.4) is 0 Å². The van der Waals surface area contributed by atoms with Crippen LogP contribution in [0.25, 0.3) is 0 Å². The van der Waals surface area contributed by atoms with Gasteiger partial charge in [-0.05, 0) is 0 Å². The molecular formula is C13H26NO6+. The predicted octanol–water partition coefficient (Wildman–Crippen LogP) is -1.88. The van der Waals surface area contributed by atoms with Gasteiger partial charge in [-0.2, -0.15) is 0 Å². The summed E-state index contributed by atoms with van der Waals surface area (Å²) in [6, 6.07) is 0. The Morgan fingerprint density at radius 3 is 2.50 bits per heavy atom. The SMILES string of the molecule is COCCOCCOCC(=O)OCC[NH+]1CCOCC1. The molecule has 0 atom stereocenters. The van der Waals surface area contributed by atoms with Crippen molar-refractivity contribution in [2.75, 3.05) is 79.6 Å². The van der Waals surface area contributed by atoms with Crippen molar-refractivity contribution in [3.8, 4) is 0 Å². The molecule has 1 heterocycles. The highest BCUT2D eigenvalue weighted by atomic mass is 16.6. The zero-order valence-electron chi connectivity index (χ0n) is 12.2. The lowest BCUT2D eigenvalue weighted by Gasteiger charge is -2.23. The van der Waals surface area contributed by atoms with Gasteiger partial charge in [-0.25, -0.2) is 4.79 Å². The van der Waals surface area contributed by atoms with Crippen LogP contribution < -0.4 is 4.90 Å². The molecule has 1 rings (SSSR count). The van der Waals surface area contributed by atoms with Crippen LogP contribution in [0.15, 0.2) is 0 Å². The fourth-order valence-electron chi connectivity index (χ4n) is 1.78. The minimum atomic E-state index is -0.324. The summed E-state index contributed by atoms with van der Waals surface area (Å²) in [6.07, 6.45) is 0. The minimum absolute atomic E-state index is 0.0217. The summed E-state index contributed by atoms with van der Waals surface area (Å²) in [7, 11) is 1.62. The average molecular weight is 292 g/mol. The first-order chi connectivity index (χ1) is 9.83. The number of methoxy groups -OCH3 is 1. The van der Waals surface area contributed by atoms with Gasteiger partial charge < -0.3 is 28.6 Å². The Kier molecular flexibility index (Phi) is 10.4. The van der Waals surface area contributed by atoms with E-state index in [2.05, 4.69) is 0 Å². The molecular weight excluding hydrogens is 266 g/mol. The molecule has 118 valence electrons. The Hall–Kier alpha value is -0.730. The van der Waals surface area contributed by atoms with E-state index in [0.29, 0.717) is 33.0 Å². The number of morpholine rings is 1. The number of quaternary nitrogens is 1. The van der Waals surface area contributed by atoms with E-state index in [-0.39, 0.29) is 12.6 Å². The second kappa shape index (κ2) is 12.0. The van der Waals surface area contributed by atoms with Crippen LogP contribution in [0.5, 0.6) is 0 Å². The van der Waals surface area contributed by atoms with Gasteiger partial charge in [-0.15, -0.1) is 0 Å². The van der Waals surface area contributed by atoms with Gasteiger partial charge in [-0.3, -0.25) is 0 Å². The lowest BCUT2D eigenvalue weighted by molar-refractivity contribution is -0.908. The third-order valence-electron chi connectivity index (χ3n) is 2.94. The molecule has 1 saturated heterocycles. The molecule has 7 nitrogen and oxygen atoms in total. The molecule has 0 aromatic rings. The molecule has 0 bridgehead atoms. The summed E-state index contributed by atoms with van der Waals surface area (Å²) in [5.41, 5.74) is 0. The summed E-state index contributed by atoms with van der Waals surface area (Å²) in [5, 5.41) is 0. The van der Waals surface area contributed by atoms with E-state index in [1.807, 2.05) is 0 Å². The Labute approximate surface area is 120 Å². The summed E-state index contributed by atoms with van der Waals surface area (Å²) in [6.45, 7) is 6.70. The Morgan fingerprint density at radius 1 is 1.05 bits per heavy atom. The third-order valence-corrected chi connectivity index (χ3v) is 2.94. The maximum absolute atomic E-state index is 11.4. The molecule has 0 aromatic carbocycles. The van der Waals surface area contributed by atoms with E-state index < -0.39 is 0 Å². The molecule has 0 radical (unpaired) electrons. The van der Waals surface area contributed by atoms with E-state index in [1.54, 1.807) is 7.11 Å². The first-order valence-corrected chi connectivity index (χ1v) is 7.04. The summed E-state index contributed by atoms with van der Waals surface area (Å²) >= 11 is 0. The van der Waals surface area contributed by atoms with Crippen molar-refractivity contribution in [2.45, 2.75) is 0 Å². The highest BCUT2D eigenvalue weighted by Crippen LogP contribution is 1.83. The van der Waals surface area contributed by atoms with Crippen LogP contribution in [0.2, 0.25) is 0 Å². The predicted molar refractivity (Wildman–Crippen MR) is 70.9 cm³/mol. The number of esters is 1. The van der Waals surface area contributed by atoms with Crippen molar-refractivity contribution >= 4 is 5.97 Å². The first-order valence-electron chi connectivity index (χ1n) is 7.04. The molecule has 0 aromatic heterocycles. The van der Waals surface area contributed by atoms with Gasteiger partial charge in [0, 0.05) is 7.11 Å². The zero-order valence-corrected chi connectivity index (χ0v) is 12.2. The van der Waals surface area contributed by atoms with Gasteiger partial charge in [0.05, 0.1) is 39.6 Å². The second-order valence-electron chi connectivity index (χ2n) is 4.49. The van der Waals surface area contributed by atoms with Crippen molar-refractivity contribution in [3.63, 3.8) is 0 Å². The van der Waals surface area contributed by atoms with Gasteiger partial charge in [0.25, 0.3) is 0 Å². The topological polar surface area (TPSA) is 67.7 Å². The monoisotopic (exact) mass is 292 g/mol. The van der Waals surface area contributed by atoms with Crippen molar-refractivity contribution in [2.24, 2.45) is 0 Å². The lowest BCUT2D eigenvalue weighted by atomic mass is 10.4. The lowest BCUT2D eigenvalue weighted by Crippen LogP contribution is -3.14. The van der Waals surface area contributed by atoms with Gasteiger partial charge in [0.15, 0.2) is 0 Å². The van der Waals surface area contributed by atoms with Gasteiger partial charge >= 0.3 is 5.97 Å². The first kappa shape index (κ1) is 17.3. The van der Waals surface area contributed by atoms with Gasteiger partial charge in [0.1, 0.15) is 32.8 Å². The molecule has 7 heteroatoms. The Balaban J connectivity index is 1.85. The Bertz CT molecular complexity index is 245. The molecule has 1 aliphatic heterocycles. The number of hydrogen-bond donors (Lipinski definition) is 1. The molecule has 0 amide bonds. The highest BCUT2D eigenvalue weighted by molar-refractivity contribution is 5.70. The van der Waals surface area contributed by atoms with E-state index in [1.165, 1.54) is 4.90 Å². The van der Waals surface area contributed by atoms with Crippen LogP contribution in [-0.4, -0.2) is 85.6 Å².